The van der Waals surface area contributed by atoms with Crippen LogP contribution in [0.4, 0.5) is 5.13 Å². The molecule has 5 nitrogen and oxygen atoms in total. The van der Waals surface area contributed by atoms with E-state index in [1.807, 2.05) is 31.7 Å². The fraction of sp³-hybridized carbons (Fsp3) is 0.500. The summed E-state index contributed by atoms with van der Waals surface area (Å²) in [6, 6.07) is 0. The summed E-state index contributed by atoms with van der Waals surface area (Å²) in [6.45, 7) is 8.53. The third kappa shape index (κ3) is 3.59. The Morgan fingerprint density at radius 2 is 2.19 bits per heavy atom. The number of esters is 1. The first kappa shape index (κ1) is 15.9. The Morgan fingerprint density at radius 1 is 1.43 bits per heavy atom. The maximum atomic E-state index is 12.0. The molecule has 21 heavy (non-hydrogen) atoms. The lowest BCUT2D eigenvalue weighted by Crippen LogP contribution is -2.31. The van der Waals surface area contributed by atoms with Gasteiger partial charge in [-0.25, -0.2) is 9.97 Å². The minimum absolute atomic E-state index is 0.250. The van der Waals surface area contributed by atoms with Crippen LogP contribution in [0, 0.1) is 6.92 Å². The number of anilines is 1. The van der Waals surface area contributed by atoms with E-state index in [1.54, 1.807) is 18.3 Å². The Labute approximate surface area is 132 Å². The van der Waals surface area contributed by atoms with Gasteiger partial charge in [-0.3, -0.25) is 4.79 Å². The number of rotatable bonds is 6. The summed E-state index contributed by atoms with van der Waals surface area (Å²) in [5.41, 5.74) is 2.88. The van der Waals surface area contributed by atoms with E-state index >= 15 is 0 Å². The van der Waals surface area contributed by atoms with E-state index in [2.05, 4.69) is 15.3 Å². The van der Waals surface area contributed by atoms with Crippen molar-refractivity contribution in [2.24, 2.45) is 0 Å². The van der Waals surface area contributed by atoms with E-state index in [0.717, 1.165) is 16.5 Å². The molecule has 0 aliphatic heterocycles. The minimum Gasteiger partial charge on any atom is -0.465 e. The molecule has 1 N–H and O–H groups in total. The van der Waals surface area contributed by atoms with Gasteiger partial charge in [0.2, 0.25) is 0 Å². The number of nitrogens with one attached hydrogen (secondary N) is 1. The zero-order valence-corrected chi connectivity index (χ0v) is 14.2. The van der Waals surface area contributed by atoms with Crippen LogP contribution in [-0.4, -0.2) is 22.5 Å². The molecule has 0 saturated heterocycles. The van der Waals surface area contributed by atoms with Crippen LogP contribution >= 0.6 is 22.7 Å². The third-order valence-corrected chi connectivity index (χ3v) is 4.91. The van der Waals surface area contributed by atoms with Crippen LogP contribution in [0.2, 0.25) is 0 Å². The highest BCUT2D eigenvalue weighted by Gasteiger charge is 2.33. The van der Waals surface area contributed by atoms with Crippen molar-refractivity contribution in [2.75, 3.05) is 11.9 Å². The number of hydrogen-bond donors (Lipinski definition) is 1. The van der Waals surface area contributed by atoms with Gasteiger partial charge in [0.25, 0.3) is 0 Å². The molecule has 0 radical (unpaired) electrons. The SMILES string of the molecule is CCOC(=O)C(C)(C)c1csc(NCc2scnc2C)n1. The first-order valence-electron chi connectivity index (χ1n) is 6.71. The summed E-state index contributed by atoms with van der Waals surface area (Å²) in [4.78, 5) is 21.9. The smallest absolute Gasteiger partial charge is 0.317 e. The fourth-order valence-electron chi connectivity index (χ4n) is 1.71. The van der Waals surface area contributed by atoms with Crippen molar-refractivity contribution in [3.05, 3.63) is 27.2 Å². The first-order valence-corrected chi connectivity index (χ1v) is 8.47. The Bertz CT molecular complexity index is 619. The predicted molar refractivity (Wildman–Crippen MR) is 86.0 cm³/mol. The number of carbonyl (C=O) groups excluding carboxylic acids is 1. The first-order chi connectivity index (χ1) is 9.95. The number of aryl methyl sites for hydroxylation is 1. The van der Waals surface area contributed by atoms with E-state index < -0.39 is 5.41 Å². The highest BCUT2D eigenvalue weighted by atomic mass is 32.1. The molecule has 7 heteroatoms. The molecule has 2 rings (SSSR count). The average Bonchev–Trinajstić information content (AvgIpc) is 3.06. The highest BCUT2D eigenvalue weighted by Crippen LogP contribution is 2.28. The topological polar surface area (TPSA) is 64.1 Å². The van der Waals surface area contributed by atoms with Crippen molar-refractivity contribution in [2.45, 2.75) is 39.7 Å². The van der Waals surface area contributed by atoms with Gasteiger partial charge in [0.05, 0.1) is 30.1 Å². The van der Waals surface area contributed by atoms with Crippen molar-refractivity contribution >= 4 is 33.8 Å². The molecule has 0 spiro atoms. The molecule has 0 aliphatic rings. The highest BCUT2D eigenvalue weighted by molar-refractivity contribution is 7.13. The largest absolute Gasteiger partial charge is 0.465 e. The van der Waals surface area contributed by atoms with Gasteiger partial charge >= 0.3 is 5.97 Å². The zero-order valence-electron chi connectivity index (χ0n) is 12.6. The van der Waals surface area contributed by atoms with Crippen molar-refractivity contribution in [1.29, 1.82) is 0 Å². The second-order valence-corrected chi connectivity index (χ2v) is 6.90. The van der Waals surface area contributed by atoms with Gasteiger partial charge in [-0.15, -0.1) is 22.7 Å². The Morgan fingerprint density at radius 3 is 2.81 bits per heavy atom. The maximum absolute atomic E-state index is 12.0. The quantitative estimate of drug-likeness (QED) is 0.825. The van der Waals surface area contributed by atoms with Crippen molar-refractivity contribution in [3.63, 3.8) is 0 Å². The van der Waals surface area contributed by atoms with Gasteiger partial charge in [-0.05, 0) is 27.7 Å². The molecule has 0 aromatic carbocycles. The van der Waals surface area contributed by atoms with Gasteiger partial charge in [0.15, 0.2) is 5.13 Å². The lowest BCUT2D eigenvalue weighted by atomic mass is 9.90. The number of aromatic nitrogens is 2. The molecule has 2 aromatic heterocycles. The third-order valence-electron chi connectivity index (χ3n) is 3.18. The second-order valence-electron chi connectivity index (χ2n) is 5.10. The molecule has 0 bridgehead atoms. The minimum atomic E-state index is -0.729. The molecular formula is C14H19N3O2S2. The Balaban J connectivity index is 2.04. The monoisotopic (exact) mass is 325 g/mol. The number of carbonyl (C=O) groups is 1. The van der Waals surface area contributed by atoms with Crippen molar-refractivity contribution in [3.8, 4) is 0 Å². The van der Waals surface area contributed by atoms with Crippen LogP contribution in [-0.2, 0) is 21.5 Å². The molecule has 0 saturated carbocycles. The molecule has 2 aromatic rings. The number of ether oxygens (including phenoxy) is 1. The summed E-state index contributed by atoms with van der Waals surface area (Å²) >= 11 is 3.12. The van der Waals surface area contributed by atoms with Gasteiger partial charge < -0.3 is 10.1 Å². The van der Waals surface area contributed by atoms with E-state index in [9.17, 15) is 4.79 Å². The number of thiazole rings is 2. The molecular weight excluding hydrogens is 306 g/mol. The van der Waals surface area contributed by atoms with Crippen LogP contribution < -0.4 is 5.32 Å². The summed E-state index contributed by atoms with van der Waals surface area (Å²) in [7, 11) is 0. The van der Waals surface area contributed by atoms with Gasteiger partial charge in [-0.2, -0.15) is 0 Å². The van der Waals surface area contributed by atoms with Crippen LogP contribution in [0.15, 0.2) is 10.9 Å². The van der Waals surface area contributed by atoms with Crippen LogP contribution in [0.5, 0.6) is 0 Å². The maximum Gasteiger partial charge on any atom is 0.317 e. The number of nitrogens with zero attached hydrogens (tertiary/aromatic N) is 2. The second kappa shape index (κ2) is 6.53. The molecule has 0 atom stereocenters. The summed E-state index contributed by atoms with van der Waals surface area (Å²) in [5, 5.41) is 5.98. The van der Waals surface area contributed by atoms with Gasteiger partial charge in [0.1, 0.15) is 5.41 Å². The standard InChI is InChI=1S/C14H19N3O2S2/c1-5-19-12(18)14(3,4)11-7-20-13(17-11)15-6-10-9(2)16-8-21-10/h7-8H,5-6H2,1-4H3,(H,15,17). The Hall–Kier alpha value is -1.47. The summed E-state index contributed by atoms with van der Waals surface area (Å²) in [5.74, 6) is -0.250. The average molecular weight is 325 g/mol. The molecule has 114 valence electrons. The molecule has 0 aliphatic carbocycles. The molecule has 0 unspecified atom stereocenters. The van der Waals surface area contributed by atoms with E-state index in [4.69, 9.17) is 4.74 Å². The predicted octanol–water partition coefficient (Wildman–Crippen LogP) is 3.36. The van der Waals surface area contributed by atoms with Gasteiger partial charge in [-0.1, -0.05) is 0 Å². The fourth-order valence-corrected chi connectivity index (χ4v) is 3.30. The molecule has 0 fully saturated rings. The van der Waals surface area contributed by atoms with Crippen LogP contribution in [0.1, 0.15) is 37.0 Å². The summed E-state index contributed by atoms with van der Waals surface area (Å²) in [6.07, 6.45) is 0. The molecule has 2 heterocycles. The van der Waals surface area contributed by atoms with Crippen molar-refractivity contribution < 1.29 is 9.53 Å². The van der Waals surface area contributed by atoms with Crippen LogP contribution in [0.25, 0.3) is 0 Å². The van der Waals surface area contributed by atoms with E-state index in [1.165, 1.54) is 16.2 Å². The van der Waals surface area contributed by atoms with Crippen LogP contribution in [0.3, 0.4) is 0 Å². The zero-order chi connectivity index (χ0) is 15.5. The number of hydrogen-bond acceptors (Lipinski definition) is 7. The Kier molecular flexibility index (Phi) is 4.95. The van der Waals surface area contributed by atoms with E-state index in [-0.39, 0.29) is 5.97 Å². The van der Waals surface area contributed by atoms with Crippen molar-refractivity contribution in [1.82, 2.24) is 9.97 Å². The lowest BCUT2D eigenvalue weighted by Gasteiger charge is -2.19. The van der Waals surface area contributed by atoms with Gasteiger partial charge in [0, 0.05) is 10.3 Å². The lowest BCUT2D eigenvalue weighted by molar-refractivity contribution is -0.148. The summed E-state index contributed by atoms with van der Waals surface area (Å²) < 4.78 is 5.10. The molecule has 0 amide bonds. The normalized spacial score (nSPS) is 11.4. The van der Waals surface area contributed by atoms with E-state index in [0.29, 0.717) is 13.2 Å².